The van der Waals surface area contributed by atoms with Crippen LogP contribution < -0.4 is 0 Å². The van der Waals surface area contributed by atoms with Gasteiger partial charge in [0.05, 0.1) is 27.3 Å². The molecule has 0 amide bonds. The van der Waals surface area contributed by atoms with E-state index in [0.29, 0.717) is 10.0 Å². The van der Waals surface area contributed by atoms with Crippen molar-refractivity contribution in [2.24, 2.45) is 0 Å². The summed E-state index contributed by atoms with van der Waals surface area (Å²) in [7, 11) is 6.02. The van der Waals surface area contributed by atoms with Crippen LogP contribution in [-0.2, 0) is 0 Å². The van der Waals surface area contributed by atoms with Crippen LogP contribution in [0.5, 0.6) is 0 Å². The van der Waals surface area contributed by atoms with E-state index in [2.05, 4.69) is 15.9 Å². The van der Waals surface area contributed by atoms with Crippen LogP contribution in [0.15, 0.2) is 41.0 Å². The second-order valence-corrected chi connectivity index (χ2v) is 5.22. The van der Waals surface area contributed by atoms with Crippen molar-refractivity contribution in [2.45, 2.75) is 0 Å². The number of ketones is 1. The van der Waals surface area contributed by atoms with Crippen LogP contribution in [0, 0.1) is 0 Å². The highest BCUT2D eigenvalue weighted by molar-refractivity contribution is 9.10. The van der Waals surface area contributed by atoms with Crippen LogP contribution in [0.3, 0.4) is 0 Å². The first-order valence-corrected chi connectivity index (χ1v) is 5.48. The van der Waals surface area contributed by atoms with E-state index in [1.807, 2.05) is 51.6 Å². The summed E-state index contributed by atoms with van der Waals surface area (Å²) in [6, 6.07) is 7.36. The summed E-state index contributed by atoms with van der Waals surface area (Å²) in [5, 5.41) is 0. The van der Waals surface area contributed by atoms with Crippen LogP contribution in [0.1, 0.15) is 10.4 Å². The Morgan fingerprint density at radius 1 is 1.20 bits per heavy atom. The molecule has 80 valence electrons. The van der Waals surface area contributed by atoms with Gasteiger partial charge in [0.2, 0.25) is 0 Å². The average Bonchev–Trinajstić information content (AvgIpc) is 2.14. The molecule has 15 heavy (non-hydrogen) atoms. The summed E-state index contributed by atoms with van der Waals surface area (Å²) in [5.41, 5.74) is 0.711. The zero-order valence-electron chi connectivity index (χ0n) is 9.20. The van der Waals surface area contributed by atoms with Crippen LogP contribution in [0.4, 0.5) is 0 Å². The van der Waals surface area contributed by atoms with Gasteiger partial charge in [0, 0.05) is 16.1 Å². The Bertz CT molecular complexity index is 374. The molecule has 0 bridgehead atoms. The smallest absolute Gasteiger partial charge is 0.191 e. The maximum atomic E-state index is 11.7. The van der Waals surface area contributed by atoms with E-state index in [4.69, 9.17) is 0 Å². The highest BCUT2D eigenvalue weighted by Gasteiger charge is 2.05. The highest BCUT2D eigenvalue weighted by atomic mass is 79.9. The van der Waals surface area contributed by atoms with Crippen LogP contribution in [0.2, 0.25) is 0 Å². The van der Waals surface area contributed by atoms with E-state index in [1.165, 1.54) is 0 Å². The van der Waals surface area contributed by atoms with Crippen molar-refractivity contribution >= 4 is 21.7 Å². The monoisotopic (exact) mass is 268 g/mol. The van der Waals surface area contributed by atoms with Gasteiger partial charge in [0.25, 0.3) is 0 Å². The number of nitrogens with zero attached hydrogens (tertiary/aromatic N) is 1. The van der Waals surface area contributed by atoms with E-state index in [-0.39, 0.29) is 5.78 Å². The standard InChI is InChI=1S/C12H15BrNO/c1-14(2,3)9-8-12(15)10-4-6-11(13)7-5-10/h4-9H,1-3H3/q+1. The van der Waals surface area contributed by atoms with Gasteiger partial charge < -0.3 is 4.48 Å². The number of hydrogen-bond acceptors (Lipinski definition) is 1. The van der Waals surface area contributed by atoms with Crippen LogP contribution in [0.25, 0.3) is 0 Å². The Balaban J connectivity index is 2.78. The molecule has 1 aromatic rings. The molecule has 1 aromatic carbocycles. The number of hydrogen-bond donors (Lipinski definition) is 0. The number of carbonyl (C=O) groups excluding carboxylic acids is 1. The zero-order valence-corrected chi connectivity index (χ0v) is 10.8. The molecule has 0 unspecified atom stereocenters. The minimum atomic E-state index is 0.0375. The third-order valence-corrected chi connectivity index (χ3v) is 2.33. The number of halogens is 1. The molecule has 0 atom stereocenters. The molecule has 0 radical (unpaired) electrons. The average molecular weight is 269 g/mol. The number of benzene rings is 1. The lowest BCUT2D eigenvalue weighted by Crippen LogP contribution is -2.27. The fraction of sp³-hybridized carbons (Fsp3) is 0.250. The molecule has 1 rings (SSSR count). The van der Waals surface area contributed by atoms with Crippen molar-refractivity contribution in [3.05, 3.63) is 46.6 Å². The molecule has 2 nitrogen and oxygen atoms in total. The largest absolute Gasteiger partial charge is 0.304 e. The zero-order chi connectivity index (χ0) is 11.5. The lowest BCUT2D eigenvalue weighted by atomic mass is 10.1. The topological polar surface area (TPSA) is 17.1 Å². The van der Waals surface area contributed by atoms with Crippen molar-refractivity contribution in [3.8, 4) is 0 Å². The number of carbonyl (C=O) groups is 1. The number of allylic oxidation sites excluding steroid dienone is 1. The van der Waals surface area contributed by atoms with Crippen molar-refractivity contribution in [3.63, 3.8) is 0 Å². The first kappa shape index (κ1) is 12.1. The second kappa shape index (κ2) is 4.73. The predicted octanol–water partition coefficient (Wildman–Crippen LogP) is 2.85. The van der Waals surface area contributed by atoms with E-state index in [9.17, 15) is 4.79 Å². The molecular formula is C12H15BrNO+. The minimum absolute atomic E-state index is 0.0375. The Morgan fingerprint density at radius 3 is 2.20 bits per heavy atom. The highest BCUT2D eigenvalue weighted by Crippen LogP contribution is 2.11. The molecule has 0 fully saturated rings. The summed E-state index contributed by atoms with van der Waals surface area (Å²) in [6.07, 6.45) is 3.48. The first-order valence-electron chi connectivity index (χ1n) is 4.69. The molecule has 0 aromatic heterocycles. The Morgan fingerprint density at radius 2 is 1.73 bits per heavy atom. The van der Waals surface area contributed by atoms with E-state index >= 15 is 0 Å². The molecule has 0 N–H and O–H groups in total. The van der Waals surface area contributed by atoms with Crippen molar-refractivity contribution in [1.29, 1.82) is 0 Å². The molecule has 0 aliphatic carbocycles. The third-order valence-electron chi connectivity index (χ3n) is 1.80. The fourth-order valence-corrected chi connectivity index (χ4v) is 1.27. The van der Waals surface area contributed by atoms with Gasteiger partial charge >= 0.3 is 0 Å². The molecule has 0 aliphatic heterocycles. The first-order chi connectivity index (χ1) is 6.88. The minimum Gasteiger partial charge on any atom is -0.304 e. The summed E-state index contributed by atoms with van der Waals surface area (Å²) in [5.74, 6) is 0.0375. The van der Waals surface area contributed by atoms with Gasteiger partial charge in [-0.1, -0.05) is 15.9 Å². The SMILES string of the molecule is C[N+](C)(C)C=CC(=O)c1ccc(Br)cc1. The van der Waals surface area contributed by atoms with Crippen molar-refractivity contribution < 1.29 is 9.28 Å². The van der Waals surface area contributed by atoms with E-state index in [0.717, 1.165) is 4.47 Å². The second-order valence-electron chi connectivity index (χ2n) is 4.30. The van der Waals surface area contributed by atoms with Gasteiger partial charge in [-0.25, -0.2) is 0 Å². The molecule has 0 heterocycles. The van der Waals surface area contributed by atoms with Gasteiger partial charge in [0.1, 0.15) is 0 Å². The Hall–Kier alpha value is -0.930. The maximum Gasteiger partial charge on any atom is 0.191 e. The summed E-state index contributed by atoms with van der Waals surface area (Å²) >= 11 is 3.33. The Labute approximate surface area is 98.9 Å². The summed E-state index contributed by atoms with van der Waals surface area (Å²) < 4.78 is 1.62. The molecule has 0 saturated heterocycles. The Kier molecular flexibility index (Phi) is 3.83. The van der Waals surface area contributed by atoms with Crippen molar-refractivity contribution in [1.82, 2.24) is 0 Å². The molecule has 0 saturated carbocycles. The summed E-state index contributed by atoms with van der Waals surface area (Å²) in [6.45, 7) is 0. The van der Waals surface area contributed by atoms with Gasteiger partial charge in [-0.2, -0.15) is 0 Å². The predicted molar refractivity (Wildman–Crippen MR) is 65.6 cm³/mol. The van der Waals surface area contributed by atoms with Crippen LogP contribution in [-0.4, -0.2) is 31.4 Å². The molecular weight excluding hydrogens is 254 g/mol. The van der Waals surface area contributed by atoms with Crippen LogP contribution >= 0.6 is 15.9 Å². The van der Waals surface area contributed by atoms with Crippen molar-refractivity contribution in [2.75, 3.05) is 21.1 Å². The van der Waals surface area contributed by atoms with E-state index < -0.39 is 0 Å². The maximum absolute atomic E-state index is 11.7. The molecule has 0 spiro atoms. The fourth-order valence-electron chi connectivity index (χ4n) is 1.00. The van der Waals surface area contributed by atoms with Gasteiger partial charge in [-0.3, -0.25) is 4.79 Å². The lowest BCUT2D eigenvalue weighted by Gasteiger charge is -2.16. The van der Waals surface area contributed by atoms with E-state index in [1.54, 1.807) is 6.08 Å². The lowest BCUT2D eigenvalue weighted by molar-refractivity contribution is -0.817. The van der Waals surface area contributed by atoms with Gasteiger partial charge in [0.15, 0.2) is 5.78 Å². The normalized spacial score (nSPS) is 12.0. The third kappa shape index (κ3) is 4.40. The molecule has 0 aliphatic rings. The number of quaternary nitrogens is 1. The van der Waals surface area contributed by atoms with Gasteiger partial charge in [-0.05, 0) is 24.3 Å². The quantitative estimate of drug-likeness (QED) is 0.468. The van der Waals surface area contributed by atoms with Gasteiger partial charge in [-0.15, -0.1) is 0 Å². The number of rotatable bonds is 3. The summed E-state index contributed by atoms with van der Waals surface area (Å²) in [4.78, 5) is 11.7. The molecule has 3 heteroatoms.